The molecule has 0 aliphatic rings. The Labute approximate surface area is 127 Å². The number of nitrogens with zero attached hydrogens (tertiary/aromatic N) is 1. The summed E-state index contributed by atoms with van der Waals surface area (Å²) in [6.45, 7) is 6.90. The van der Waals surface area contributed by atoms with Crippen LogP contribution >= 0.6 is 0 Å². The van der Waals surface area contributed by atoms with Gasteiger partial charge in [0.2, 0.25) is 0 Å². The van der Waals surface area contributed by atoms with E-state index in [2.05, 4.69) is 61.2 Å². The second-order valence-electron chi connectivity index (χ2n) is 5.57. The van der Waals surface area contributed by atoms with Crippen molar-refractivity contribution >= 4 is 10.8 Å². The molecule has 2 aromatic carbocycles. The number of hydrogen-bond donors (Lipinski definition) is 1. The van der Waals surface area contributed by atoms with E-state index in [0.717, 1.165) is 19.7 Å². The number of methoxy groups -OCH3 is 1. The smallest absolute Gasteiger partial charge is 0.0615 e. The third-order valence-electron chi connectivity index (χ3n) is 4.09. The molecule has 0 fully saturated rings. The predicted octanol–water partition coefficient (Wildman–Crippen LogP) is 3.20. The number of nitrogens with two attached hydrogens (primary N) is 1. The molecule has 2 N–H and O–H groups in total. The van der Waals surface area contributed by atoms with Gasteiger partial charge in [0.15, 0.2) is 0 Å². The van der Waals surface area contributed by atoms with Gasteiger partial charge >= 0.3 is 0 Å². The summed E-state index contributed by atoms with van der Waals surface area (Å²) in [5.74, 6) is 0. The second-order valence-corrected chi connectivity index (χ2v) is 5.57. The minimum Gasteiger partial charge on any atom is -0.383 e. The highest BCUT2D eigenvalue weighted by molar-refractivity contribution is 5.86. The first kappa shape index (κ1) is 16.0. The van der Waals surface area contributed by atoms with Crippen molar-refractivity contribution in [3.63, 3.8) is 0 Å². The molecule has 0 aliphatic carbocycles. The molecule has 2 rings (SSSR count). The number of fused-ring (bicyclic) bond motifs is 1. The van der Waals surface area contributed by atoms with Gasteiger partial charge in [-0.25, -0.2) is 0 Å². The first-order valence-electron chi connectivity index (χ1n) is 7.63. The summed E-state index contributed by atoms with van der Waals surface area (Å²) in [4.78, 5) is 2.37. The van der Waals surface area contributed by atoms with Crippen molar-refractivity contribution in [1.29, 1.82) is 0 Å². The van der Waals surface area contributed by atoms with E-state index in [1.54, 1.807) is 7.11 Å². The Balaban J connectivity index is 2.19. The maximum atomic E-state index is 6.49. The van der Waals surface area contributed by atoms with Crippen LogP contribution in [-0.4, -0.2) is 37.7 Å². The van der Waals surface area contributed by atoms with E-state index in [-0.39, 0.29) is 6.04 Å². The molecule has 2 unspecified atom stereocenters. The average molecular weight is 286 g/mol. The van der Waals surface area contributed by atoms with Crippen LogP contribution in [0.1, 0.15) is 25.5 Å². The zero-order valence-corrected chi connectivity index (χ0v) is 13.3. The monoisotopic (exact) mass is 286 g/mol. The molecular formula is C18H26N2O. The Morgan fingerprint density at radius 1 is 1.14 bits per heavy atom. The van der Waals surface area contributed by atoms with Gasteiger partial charge in [0, 0.05) is 25.7 Å². The van der Waals surface area contributed by atoms with Gasteiger partial charge in [0.25, 0.3) is 0 Å². The Morgan fingerprint density at radius 2 is 1.86 bits per heavy atom. The molecule has 0 saturated carbocycles. The average Bonchev–Trinajstić information content (AvgIpc) is 2.52. The molecule has 3 heteroatoms. The summed E-state index contributed by atoms with van der Waals surface area (Å²) < 4.78 is 5.26. The minimum absolute atomic E-state index is 0.00959. The van der Waals surface area contributed by atoms with Gasteiger partial charge in [-0.1, -0.05) is 49.4 Å². The number of hydrogen-bond acceptors (Lipinski definition) is 3. The molecule has 2 aromatic rings. The fourth-order valence-electron chi connectivity index (χ4n) is 2.89. The van der Waals surface area contributed by atoms with Crippen LogP contribution in [0.2, 0.25) is 0 Å². The van der Waals surface area contributed by atoms with E-state index in [0.29, 0.717) is 6.04 Å². The lowest BCUT2D eigenvalue weighted by molar-refractivity contribution is 0.0987. The zero-order valence-electron chi connectivity index (χ0n) is 13.3. The summed E-state index contributed by atoms with van der Waals surface area (Å²) >= 11 is 0. The molecule has 0 amide bonds. The molecule has 0 bridgehead atoms. The Morgan fingerprint density at radius 3 is 2.57 bits per heavy atom. The van der Waals surface area contributed by atoms with Crippen LogP contribution < -0.4 is 5.73 Å². The Bertz CT molecular complexity index is 565. The van der Waals surface area contributed by atoms with Crippen LogP contribution in [-0.2, 0) is 4.74 Å². The fourth-order valence-corrected chi connectivity index (χ4v) is 2.89. The van der Waals surface area contributed by atoms with Gasteiger partial charge in [0.1, 0.15) is 0 Å². The maximum Gasteiger partial charge on any atom is 0.0615 e. The van der Waals surface area contributed by atoms with Crippen LogP contribution in [0.3, 0.4) is 0 Å². The highest BCUT2D eigenvalue weighted by Crippen LogP contribution is 2.24. The molecule has 0 saturated heterocycles. The molecule has 2 atom stereocenters. The summed E-state index contributed by atoms with van der Waals surface area (Å²) in [7, 11) is 1.75. The van der Waals surface area contributed by atoms with Gasteiger partial charge in [-0.05, 0) is 29.8 Å². The van der Waals surface area contributed by atoms with Crippen LogP contribution in [0.15, 0.2) is 42.5 Å². The summed E-state index contributed by atoms with van der Waals surface area (Å²) in [6.07, 6.45) is 0. The van der Waals surface area contributed by atoms with E-state index in [9.17, 15) is 0 Å². The molecule has 0 heterocycles. The molecule has 21 heavy (non-hydrogen) atoms. The fraction of sp³-hybridized carbons (Fsp3) is 0.444. The highest BCUT2D eigenvalue weighted by atomic mass is 16.5. The quantitative estimate of drug-likeness (QED) is 0.849. The highest BCUT2D eigenvalue weighted by Gasteiger charge is 2.17. The molecular weight excluding hydrogens is 260 g/mol. The van der Waals surface area contributed by atoms with Crippen LogP contribution in [0.4, 0.5) is 0 Å². The van der Waals surface area contributed by atoms with Crippen molar-refractivity contribution in [1.82, 2.24) is 4.90 Å². The summed E-state index contributed by atoms with van der Waals surface area (Å²) in [5, 5.41) is 2.50. The van der Waals surface area contributed by atoms with Crippen molar-refractivity contribution in [3.8, 4) is 0 Å². The maximum absolute atomic E-state index is 6.49. The predicted molar refractivity (Wildman–Crippen MR) is 89.5 cm³/mol. The van der Waals surface area contributed by atoms with Crippen molar-refractivity contribution < 1.29 is 4.74 Å². The Hall–Kier alpha value is -1.42. The van der Waals surface area contributed by atoms with Crippen LogP contribution in [0.5, 0.6) is 0 Å². The lowest BCUT2D eigenvalue weighted by Crippen LogP contribution is -2.40. The number of ether oxygens (including phenoxy) is 1. The van der Waals surface area contributed by atoms with Crippen molar-refractivity contribution in [3.05, 3.63) is 48.0 Å². The third-order valence-corrected chi connectivity index (χ3v) is 4.09. The lowest BCUT2D eigenvalue weighted by Gasteiger charge is -2.30. The van der Waals surface area contributed by atoms with E-state index in [1.807, 2.05) is 0 Å². The van der Waals surface area contributed by atoms with Crippen LogP contribution in [0, 0.1) is 0 Å². The molecule has 114 valence electrons. The van der Waals surface area contributed by atoms with Crippen molar-refractivity contribution in [2.45, 2.75) is 25.9 Å². The number of benzene rings is 2. The molecule has 0 aliphatic heterocycles. The largest absolute Gasteiger partial charge is 0.383 e. The normalized spacial score (nSPS) is 14.5. The van der Waals surface area contributed by atoms with Gasteiger partial charge in [-0.3, -0.25) is 4.90 Å². The zero-order chi connectivity index (χ0) is 15.2. The number of rotatable bonds is 7. The topological polar surface area (TPSA) is 38.5 Å². The van der Waals surface area contributed by atoms with Gasteiger partial charge in [-0.15, -0.1) is 0 Å². The van der Waals surface area contributed by atoms with Gasteiger partial charge in [0.05, 0.1) is 6.61 Å². The molecule has 0 radical (unpaired) electrons. The van der Waals surface area contributed by atoms with Gasteiger partial charge < -0.3 is 10.5 Å². The molecule has 0 aromatic heterocycles. The van der Waals surface area contributed by atoms with Crippen LogP contribution in [0.25, 0.3) is 10.8 Å². The Kier molecular flexibility index (Phi) is 5.74. The summed E-state index contributed by atoms with van der Waals surface area (Å²) in [5.41, 5.74) is 7.71. The minimum atomic E-state index is 0.00959. The lowest BCUT2D eigenvalue weighted by atomic mass is 9.98. The van der Waals surface area contributed by atoms with E-state index >= 15 is 0 Å². The third kappa shape index (κ3) is 3.82. The summed E-state index contributed by atoms with van der Waals surface area (Å²) in [6, 6.07) is 15.2. The first-order chi connectivity index (χ1) is 10.2. The van der Waals surface area contributed by atoms with Crippen molar-refractivity contribution in [2.75, 3.05) is 26.8 Å². The SMILES string of the molecule is CCN(CC(N)c1cccc2ccccc12)C(C)COC. The van der Waals surface area contributed by atoms with E-state index < -0.39 is 0 Å². The number of likely N-dealkylation sites (N-methyl/N-ethyl adjacent to an activating group) is 1. The first-order valence-corrected chi connectivity index (χ1v) is 7.63. The molecule has 0 spiro atoms. The standard InChI is InChI=1S/C18H26N2O/c1-4-20(14(2)13-21-3)12-18(19)17-11-7-9-15-8-5-6-10-16(15)17/h5-11,14,18H,4,12-13,19H2,1-3H3. The van der Waals surface area contributed by atoms with E-state index in [4.69, 9.17) is 10.5 Å². The van der Waals surface area contributed by atoms with Gasteiger partial charge in [-0.2, -0.15) is 0 Å². The second kappa shape index (κ2) is 7.55. The van der Waals surface area contributed by atoms with E-state index in [1.165, 1.54) is 16.3 Å². The van der Waals surface area contributed by atoms with Crippen molar-refractivity contribution in [2.24, 2.45) is 5.73 Å². The molecule has 3 nitrogen and oxygen atoms in total.